The predicted molar refractivity (Wildman–Crippen MR) is 133 cm³/mol. The van der Waals surface area contributed by atoms with Crippen LogP contribution in [0.4, 0.5) is 0 Å². The molecular formula is C25H28Cl3N3O2. The van der Waals surface area contributed by atoms with Gasteiger partial charge in [0.1, 0.15) is 6.04 Å². The van der Waals surface area contributed by atoms with E-state index in [2.05, 4.69) is 22.6 Å². The van der Waals surface area contributed by atoms with Crippen LogP contribution in [-0.2, 0) is 22.4 Å². The Bertz CT molecular complexity index is 1000. The summed E-state index contributed by atoms with van der Waals surface area (Å²) in [6.07, 6.45) is 4.66. The van der Waals surface area contributed by atoms with Crippen molar-refractivity contribution in [1.29, 1.82) is 0 Å². The normalized spacial score (nSPS) is 23.2. The number of carbonyl (C=O) groups excluding carboxylic acids is 2. The molecule has 0 aliphatic carbocycles. The average Bonchev–Trinajstić information content (AvgIpc) is 2.98. The molecule has 2 heterocycles. The maximum atomic E-state index is 13.3. The number of nitrogens with zero attached hydrogens (tertiary/aromatic N) is 1. The Morgan fingerprint density at radius 2 is 1.70 bits per heavy atom. The van der Waals surface area contributed by atoms with Crippen LogP contribution in [0, 0.1) is 0 Å². The fourth-order valence-electron chi connectivity index (χ4n) is 5.00. The zero-order valence-electron chi connectivity index (χ0n) is 18.5. The zero-order valence-corrected chi connectivity index (χ0v) is 20.8. The molecule has 2 saturated heterocycles. The molecule has 4 atom stereocenters. The highest BCUT2D eigenvalue weighted by Gasteiger charge is 2.39. The molecule has 176 valence electrons. The van der Waals surface area contributed by atoms with Crippen LogP contribution >= 0.6 is 34.8 Å². The van der Waals surface area contributed by atoms with Gasteiger partial charge in [-0.25, -0.2) is 0 Å². The summed E-state index contributed by atoms with van der Waals surface area (Å²) >= 11 is 18.3. The Morgan fingerprint density at radius 1 is 1.03 bits per heavy atom. The molecule has 4 rings (SSSR count). The van der Waals surface area contributed by atoms with Crippen LogP contribution in [0.25, 0.3) is 0 Å². The van der Waals surface area contributed by atoms with Crippen molar-refractivity contribution in [3.8, 4) is 0 Å². The highest BCUT2D eigenvalue weighted by Crippen LogP contribution is 2.34. The maximum Gasteiger partial charge on any atom is 0.243 e. The SMILES string of the molecule is CN1[C@@H]2CC[C@H]1CC(NC(=O)C(Cc1ccc(Cl)cc1)NC(=O)Cc1cccc(Cl)c1Cl)C2. The summed E-state index contributed by atoms with van der Waals surface area (Å²) in [6, 6.07) is 13.0. The summed E-state index contributed by atoms with van der Waals surface area (Å²) in [4.78, 5) is 28.6. The first-order chi connectivity index (χ1) is 15.8. The number of hydrogen-bond acceptors (Lipinski definition) is 3. The lowest BCUT2D eigenvalue weighted by atomic mass is 9.97. The first kappa shape index (κ1) is 24.3. The average molecular weight is 509 g/mol. The van der Waals surface area contributed by atoms with Gasteiger partial charge in [0.05, 0.1) is 16.5 Å². The molecule has 2 aliphatic rings. The Hall–Kier alpha value is -1.79. The van der Waals surface area contributed by atoms with Gasteiger partial charge in [-0.15, -0.1) is 0 Å². The molecular weight excluding hydrogens is 481 g/mol. The van der Waals surface area contributed by atoms with Gasteiger partial charge < -0.3 is 15.5 Å². The van der Waals surface area contributed by atoms with Gasteiger partial charge in [-0.1, -0.05) is 59.1 Å². The van der Waals surface area contributed by atoms with Crippen molar-refractivity contribution < 1.29 is 9.59 Å². The largest absolute Gasteiger partial charge is 0.351 e. The smallest absolute Gasteiger partial charge is 0.243 e. The summed E-state index contributed by atoms with van der Waals surface area (Å²) in [6.45, 7) is 0. The molecule has 0 spiro atoms. The third-order valence-corrected chi connectivity index (χ3v) is 7.94. The number of rotatable bonds is 7. The van der Waals surface area contributed by atoms with E-state index in [1.165, 1.54) is 12.8 Å². The van der Waals surface area contributed by atoms with Crippen molar-refractivity contribution in [2.75, 3.05) is 7.05 Å². The van der Waals surface area contributed by atoms with Crippen LogP contribution in [-0.4, -0.2) is 47.9 Å². The molecule has 2 aliphatic heterocycles. The van der Waals surface area contributed by atoms with Crippen molar-refractivity contribution in [1.82, 2.24) is 15.5 Å². The molecule has 2 unspecified atom stereocenters. The van der Waals surface area contributed by atoms with E-state index in [4.69, 9.17) is 34.8 Å². The van der Waals surface area contributed by atoms with E-state index < -0.39 is 6.04 Å². The second-order valence-electron chi connectivity index (χ2n) is 9.07. The van der Waals surface area contributed by atoms with Gasteiger partial charge in [0.15, 0.2) is 0 Å². The molecule has 5 nitrogen and oxygen atoms in total. The number of benzene rings is 2. The number of amides is 2. The summed E-state index contributed by atoms with van der Waals surface area (Å²) in [5.41, 5.74) is 1.54. The summed E-state index contributed by atoms with van der Waals surface area (Å²) in [5, 5.41) is 7.50. The monoisotopic (exact) mass is 507 g/mol. The third-order valence-electron chi connectivity index (χ3n) is 6.83. The zero-order chi connectivity index (χ0) is 23.5. The minimum atomic E-state index is -0.700. The molecule has 2 amide bonds. The Labute approximate surface area is 209 Å². The van der Waals surface area contributed by atoms with Crippen LogP contribution in [0.1, 0.15) is 36.8 Å². The van der Waals surface area contributed by atoms with E-state index in [9.17, 15) is 9.59 Å². The standard InChI is InChI=1S/C25H28Cl3N3O2/c1-31-19-9-10-20(31)14-18(13-19)29-25(33)22(11-15-5-7-17(26)8-6-15)30-23(32)12-16-3-2-4-21(27)24(16)28/h2-8,18-20,22H,9-14H2,1H3,(H,29,33)(H,30,32)/t18?,19-,20+,22?. The number of carbonyl (C=O) groups is 2. The van der Waals surface area contributed by atoms with Gasteiger partial charge in [0, 0.05) is 29.6 Å². The minimum absolute atomic E-state index is 0.0438. The van der Waals surface area contributed by atoms with Gasteiger partial charge in [0.2, 0.25) is 11.8 Å². The quantitative estimate of drug-likeness (QED) is 0.572. The molecule has 0 radical (unpaired) electrons. The molecule has 2 aromatic rings. The van der Waals surface area contributed by atoms with Crippen molar-refractivity contribution in [2.45, 2.75) is 62.7 Å². The highest BCUT2D eigenvalue weighted by molar-refractivity contribution is 6.42. The van der Waals surface area contributed by atoms with Crippen LogP contribution in [0.5, 0.6) is 0 Å². The van der Waals surface area contributed by atoms with Crippen molar-refractivity contribution >= 4 is 46.6 Å². The number of nitrogens with one attached hydrogen (secondary N) is 2. The van der Waals surface area contributed by atoms with Gasteiger partial charge in [-0.3, -0.25) is 9.59 Å². The van der Waals surface area contributed by atoms with E-state index in [0.29, 0.717) is 39.1 Å². The third kappa shape index (κ3) is 6.02. The second-order valence-corrected chi connectivity index (χ2v) is 10.3. The van der Waals surface area contributed by atoms with Gasteiger partial charge in [0.25, 0.3) is 0 Å². The second kappa shape index (κ2) is 10.6. The summed E-state index contributed by atoms with van der Waals surface area (Å²) < 4.78 is 0. The molecule has 2 aromatic carbocycles. The maximum absolute atomic E-state index is 13.3. The Balaban J connectivity index is 1.45. The number of halogens is 3. The van der Waals surface area contributed by atoms with Crippen molar-refractivity contribution in [3.63, 3.8) is 0 Å². The van der Waals surface area contributed by atoms with Gasteiger partial charge in [-0.2, -0.15) is 0 Å². The molecule has 33 heavy (non-hydrogen) atoms. The van der Waals surface area contributed by atoms with Crippen LogP contribution in [0.15, 0.2) is 42.5 Å². The van der Waals surface area contributed by atoms with Gasteiger partial charge >= 0.3 is 0 Å². The lowest BCUT2D eigenvalue weighted by Crippen LogP contribution is -2.54. The fourth-order valence-corrected chi connectivity index (χ4v) is 5.51. The molecule has 0 aromatic heterocycles. The summed E-state index contributed by atoms with van der Waals surface area (Å²) in [7, 11) is 2.17. The van der Waals surface area contributed by atoms with Gasteiger partial charge in [-0.05, 0) is 62.1 Å². The molecule has 2 N–H and O–H groups in total. The molecule has 2 fully saturated rings. The van der Waals surface area contributed by atoms with Crippen LogP contribution in [0.3, 0.4) is 0 Å². The number of piperidine rings is 1. The number of fused-ring (bicyclic) bond motifs is 2. The molecule has 0 saturated carbocycles. The Morgan fingerprint density at radius 3 is 2.36 bits per heavy atom. The van der Waals surface area contributed by atoms with E-state index in [-0.39, 0.29) is 24.3 Å². The van der Waals surface area contributed by atoms with Crippen LogP contribution in [0.2, 0.25) is 15.1 Å². The van der Waals surface area contributed by atoms with Crippen molar-refractivity contribution in [3.05, 3.63) is 68.7 Å². The fraction of sp³-hybridized carbons (Fsp3) is 0.440. The summed E-state index contributed by atoms with van der Waals surface area (Å²) in [5.74, 6) is -0.443. The predicted octanol–water partition coefficient (Wildman–Crippen LogP) is 4.66. The lowest BCUT2D eigenvalue weighted by molar-refractivity contribution is -0.129. The van der Waals surface area contributed by atoms with E-state index in [1.54, 1.807) is 30.3 Å². The first-order valence-corrected chi connectivity index (χ1v) is 12.4. The van der Waals surface area contributed by atoms with E-state index >= 15 is 0 Å². The van der Waals surface area contributed by atoms with E-state index in [0.717, 1.165) is 18.4 Å². The Kier molecular flexibility index (Phi) is 7.85. The molecule has 2 bridgehead atoms. The lowest BCUT2D eigenvalue weighted by Gasteiger charge is -2.37. The van der Waals surface area contributed by atoms with E-state index in [1.807, 2.05) is 12.1 Å². The van der Waals surface area contributed by atoms with Crippen molar-refractivity contribution in [2.24, 2.45) is 0 Å². The minimum Gasteiger partial charge on any atom is -0.351 e. The topological polar surface area (TPSA) is 61.4 Å². The molecule has 8 heteroatoms. The number of hydrogen-bond donors (Lipinski definition) is 2. The highest BCUT2D eigenvalue weighted by atomic mass is 35.5. The van der Waals surface area contributed by atoms with Crippen LogP contribution < -0.4 is 10.6 Å². The first-order valence-electron chi connectivity index (χ1n) is 11.3.